The topological polar surface area (TPSA) is 62.6 Å². The number of hydrogen-bond donors (Lipinski definition) is 1. The number of carbonyl (C=O) groups excluding carboxylic acids is 2. The fraction of sp³-hybridized carbons (Fsp3) is 0.143. The number of anilines is 1. The molecule has 4 aromatic rings. The van der Waals surface area contributed by atoms with Gasteiger partial charge in [-0.1, -0.05) is 42.0 Å². The third-order valence-electron chi connectivity index (χ3n) is 5.98. The van der Waals surface area contributed by atoms with E-state index >= 15 is 0 Å². The molecule has 34 heavy (non-hydrogen) atoms. The predicted molar refractivity (Wildman–Crippen MR) is 128 cm³/mol. The van der Waals surface area contributed by atoms with Crippen LogP contribution in [0.3, 0.4) is 0 Å². The lowest BCUT2D eigenvalue weighted by molar-refractivity contribution is 0.0730. The highest BCUT2D eigenvalue weighted by molar-refractivity contribution is 6.04. The lowest BCUT2D eigenvalue weighted by Gasteiger charge is -2.26. The molecule has 0 fully saturated rings. The van der Waals surface area contributed by atoms with E-state index in [1.165, 1.54) is 12.1 Å². The van der Waals surface area contributed by atoms with E-state index in [2.05, 4.69) is 5.32 Å². The van der Waals surface area contributed by atoms with Crippen LogP contribution in [0.25, 0.3) is 11.3 Å². The van der Waals surface area contributed by atoms with Crippen molar-refractivity contribution in [3.8, 4) is 11.3 Å². The van der Waals surface area contributed by atoms with E-state index in [0.29, 0.717) is 36.5 Å². The van der Waals surface area contributed by atoms with Crippen molar-refractivity contribution >= 4 is 17.5 Å². The second kappa shape index (κ2) is 8.98. The minimum atomic E-state index is -0.570. The van der Waals surface area contributed by atoms with E-state index in [-0.39, 0.29) is 11.5 Å². The van der Waals surface area contributed by atoms with Crippen LogP contribution in [0.2, 0.25) is 0 Å². The van der Waals surface area contributed by atoms with Crippen LogP contribution in [0, 0.1) is 12.7 Å². The number of amides is 2. The smallest absolute Gasteiger partial charge is 0.258 e. The molecule has 5 rings (SSSR count). The number of halogens is 1. The van der Waals surface area contributed by atoms with Gasteiger partial charge in [0.1, 0.15) is 17.3 Å². The number of aryl methyl sites for hydroxylation is 1. The van der Waals surface area contributed by atoms with Crippen LogP contribution in [-0.4, -0.2) is 23.3 Å². The first-order valence-corrected chi connectivity index (χ1v) is 11.1. The molecule has 0 radical (unpaired) electrons. The Morgan fingerprint density at radius 3 is 2.56 bits per heavy atom. The molecule has 0 spiro atoms. The van der Waals surface area contributed by atoms with Gasteiger partial charge in [-0.3, -0.25) is 9.59 Å². The van der Waals surface area contributed by atoms with Crippen LogP contribution in [0.1, 0.15) is 37.6 Å². The third-order valence-corrected chi connectivity index (χ3v) is 5.98. The zero-order valence-corrected chi connectivity index (χ0v) is 18.7. The zero-order valence-electron chi connectivity index (χ0n) is 18.7. The van der Waals surface area contributed by atoms with E-state index in [1.807, 2.05) is 48.2 Å². The third kappa shape index (κ3) is 4.35. The van der Waals surface area contributed by atoms with Gasteiger partial charge < -0.3 is 14.6 Å². The highest BCUT2D eigenvalue weighted by Crippen LogP contribution is 2.31. The molecule has 1 aliphatic rings. The molecule has 5 nitrogen and oxygen atoms in total. The average molecular weight is 455 g/mol. The number of benzene rings is 3. The largest absolute Gasteiger partial charge is 0.461 e. The second-order valence-electron chi connectivity index (χ2n) is 8.42. The van der Waals surface area contributed by atoms with Gasteiger partial charge in [0.25, 0.3) is 11.8 Å². The molecule has 2 heterocycles. The second-order valence-corrected chi connectivity index (χ2v) is 8.42. The Morgan fingerprint density at radius 2 is 1.76 bits per heavy atom. The number of furan rings is 1. The van der Waals surface area contributed by atoms with Crippen molar-refractivity contribution in [3.63, 3.8) is 0 Å². The summed E-state index contributed by atoms with van der Waals surface area (Å²) in [5.74, 6) is 0.450. The summed E-state index contributed by atoms with van der Waals surface area (Å²) in [6, 6.07) is 22.6. The molecule has 3 aromatic carbocycles. The number of nitrogens with zero attached hydrogens (tertiary/aromatic N) is 1. The van der Waals surface area contributed by atoms with E-state index in [1.54, 1.807) is 30.3 Å². The van der Waals surface area contributed by atoms with Crippen molar-refractivity contribution in [2.45, 2.75) is 19.9 Å². The summed E-state index contributed by atoms with van der Waals surface area (Å²) in [5.41, 5.74) is 4.08. The Morgan fingerprint density at radius 1 is 0.971 bits per heavy atom. The molecular formula is C28H23FN2O3. The maximum absolute atomic E-state index is 13.9. The van der Waals surface area contributed by atoms with E-state index < -0.39 is 11.7 Å². The number of nitrogens with one attached hydrogen (secondary N) is 1. The molecule has 2 amide bonds. The zero-order chi connectivity index (χ0) is 23.7. The van der Waals surface area contributed by atoms with Gasteiger partial charge in [-0.05, 0) is 49.4 Å². The molecule has 1 aliphatic heterocycles. The molecule has 0 saturated heterocycles. The van der Waals surface area contributed by atoms with Gasteiger partial charge in [0.15, 0.2) is 0 Å². The molecule has 0 saturated carbocycles. The Kier molecular flexibility index (Phi) is 5.72. The van der Waals surface area contributed by atoms with Crippen molar-refractivity contribution in [2.24, 2.45) is 0 Å². The van der Waals surface area contributed by atoms with Crippen molar-refractivity contribution in [1.82, 2.24) is 4.90 Å². The summed E-state index contributed by atoms with van der Waals surface area (Å²) in [6.07, 6.45) is 0.636. The normalized spacial score (nSPS) is 12.8. The van der Waals surface area contributed by atoms with Gasteiger partial charge in [0.05, 0.1) is 5.56 Å². The van der Waals surface area contributed by atoms with Gasteiger partial charge >= 0.3 is 0 Å². The monoisotopic (exact) mass is 454 g/mol. The lowest BCUT2D eigenvalue weighted by Crippen LogP contribution is -2.35. The molecule has 6 heteroatoms. The molecular weight excluding hydrogens is 431 g/mol. The number of hydrogen-bond acceptors (Lipinski definition) is 3. The molecule has 0 aliphatic carbocycles. The standard InChI is InChI=1S/C28H23FN2O3/c1-18-9-11-19(12-10-18)28(33)31-14-13-25-21(17-31)16-26(34-25)20-5-4-6-22(15-20)30-27(32)23-7-2-3-8-24(23)29/h2-12,15-16H,13-14,17H2,1H3,(H,30,32). The Labute approximate surface area is 196 Å². The summed E-state index contributed by atoms with van der Waals surface area (Å²) >= 11 is 0. The molecule has 0 atom stereocenters. The minimum Gasteiger partial charge on any atom is -0.461 e. The fourth-order valence-corrected chi connectivity index (χ4v) is 4.12. The van der Waals surface area contributed by atoms with Gasteiger partial charge in [-0.25, -0.2) is 4.39 Å². The Hall–Kier alpha value is -4.19. The summed E-state index contributed by atoms with van der Waals surface area (Å²) in [7, 11) is 0. The summed E-state index contributed by atoms with van der Waals surface area (Å²) in [4.78, 5) is 27.2. The molecule has 170 valence electrons. The Bertz CT molecular complexity index is 1370. The van der Waals surface area contributed by atoms with Gasteiger partial charge in [-0.2, -0.15) is 0 Å². The highest BCUT2D eigenvalue weighted by Gasteiger charge is 2.25. The van der Waals surface area contributed by atoms with Crippen molar-refractivity contribution in [2.75, 3.05) is 11.9 Å². The first-order valence-electron chi connectivity index (χ1n) is 11.1. The Balaban J connectivity index is 1.33. The lowest BCUT2D eigenvalue weighted by atomic mass is 10.1. The van der Waals surface area contributed by atoms with Crippen LogP contribution < -0.4 is 5.32 Å². The van der Waals surface area contributed by atoms with Gasteiger partial charge in [0, 0.05) is 41.9 Å². The fourth-order valence-electron chi connectivity index (χ4n) is 4.12. The van der Waals surface area contributed by atoms with Crippen LogP contribution in [0.15, 0.2) is 83.3 Å². The van der Waals surface area contributed by atoms with E-state index in [0.717, 1.165) is 22.5 Å². The first-order chi connectivity index (χ1) is 16.5. The van der Waals surface area contributed by atoms with Crippen molar-refractivity contribution in [1.29, 1.82) is 0 Å². The molecule has 1 aromatic heterocycles. The molecule has 0 unspecified atom stereocenters. The van der Waals surface area contributed by atoms with Crippen molar-refractivity contribution in [3.05, 3.63) is 113 Å². The van der Waals surface area contributed by atoms with Crippen LogP contribution in [0.4, 0.5) is 10.1 Å². The van der Waals surface area contributed by atoms with E-state index in [4.69, 9.17) is 4.42 Å². The molecule has 0 bridgehead atoms. The maximum Gasteiger partial charge on any atom is 0.258 e. The van der Waals surface area contributed by atoms with Crippen LogP contribution >= 0.6 is 0 Å². The molecule has 1 N–H and O–H groups in total. The quantitative estimate of drug-likeness (QED) is 0.421. The average Bonchev–Trinajstić information content (AvgIpc) is 3.28. The number of rotatable bonds is 4. The van der Waals surface area contributed by atoms with Gasteiger partial charge in [0.2, 0.25) is 0 Å². The first kappa shape index (κ1) is 21.6. The van der Waals surface area contributed by atoms with E-state index in [9.17, 15) is 14.0 Å². The summed E-state index contributed by atoms with van der Waals surface area (Å²) in [5, 5.41) is 2.74. The maximum atomic E-state index is 13.9. The minimum absolute atomic E-state index is 0.00579. The summed E-state index contributed by atoms with van der Waals surface area (Å²) in [6.45, 7) is 3.06. The SMILES string of the molecule is Cc1ccc(C(=O)N2CCc3oc(-c4cccc(NC(=O)c5ccccc5F)c4)cc3C2)cc1. The predicted octanol–water partition coefficient (Wildman–Crippen LogP) is 5.84. The summed E-state index contributed by atoms with van der Waals surface area (Å²) < 4.78 is 20.0. The van der Waals surface area contributed by atoms with Gasteiger partial charge in [-0.15, -0.1) is 0 Å². The number of fused-ring (bicyclic) bond motifs is 1. The highest BCUT2D eigenvalue weighted by atomic mass is 19.1. The van der Waals surface area contributed by atoms with Crippen molar-refractivity contribution < 1.29 is 18.4 Å². The number of carbonyl (C=O) groups is 2. The van der Waals surface area contributed by atoms with Crippen LogP contribution in [0.5, 0.6) is 0 Å². The van der Waals surface area contributed by atoms with Crippen LogP contribution in [-0.2, 0) is 13.0 Å².